The van der Waals surface area contributed by atoms with Crippen LogP contribution < -0.4 is 10.1 Å². The van der Waals surface area contributed by atoms with Gasteiger partial charge in [-0.1, -0.05) is 40.2 Å². The smallest absolute Gasteiger partial charge is 0.413 e. The van der Waals surface area contributed by atoms with Gasteiger partial charge in [0, 0.05) is 0 Å². The number of aromatic nitrogens is 1. The van der Waals surface area contributed by atoms with Gasteiger partial charge < -0.3 is 28.9 Å². The van der Waals surface area contributed by atoms with Gasteiger partial charge in [-0.2, -0.15) is 0 Å². The average molecular weight is 614 g/mol. The van der Waals surface area contributed by atoms with E-state index in [1.807, 2.05) is 0 Å². The fourth-order valence-electron chi connectivity index (χ4n) is 2.86. The van der Waals surface area contributed by atoms with Gasteiger partial charge in [0.1, 0.15) is 33.6 Å². The number of carboxylic acid groups (broad SMARTS) is 1. The molecule has 0 fully saturated rings. The number of carbonyl (C=O) groups is 4. The van der Waals surface area contributed by atoms with Crippen molar-refractivity contribution in [3.8, 4) is 5.75 Å². The Labute approximate surface area is 245 Å². The number of carboxylic acids is 1. The summed E-state index contributed by atoms with van der Waals surface area (Å²) in [6.07, 6.45) is -3.14. The topological polar surface area (TPSA) is 172 Å². The predicted octanol–water partition coefficient (Wildman–Crippen LogP) is 4.80. The highest BCUT2D eigenvalue weighted by Gasteiger charge is 2.31. The molecule has 41 heavy (non-hydrogen) atoms. The highest BCUT2D eigenvalue weighted by Crippen LogP contribution is 2.29. The number of aliphatic carboxylic acids is 1. The van der Waals surface area contributed by atoms with Crippen LogP contribution in [0.4, 0.5) is 9.93 Å². The van der Waals surface area contributed by atoms with Crippen molar-refractivity contribution in [1.29, 1.82) is 0 Å². The number of nitrogens with zero attached hydrogens (tertiary/aromatic N) is 2. The largest absolute Gasteiger partial charge is 0.497 e. The van der Waals surface area contributed by atoms with Crippen LogP contribution in [-0.4, -0.2) is 64.2 Å². The number of benzene rings is 1. The molecule has 13 nitrogen and oxygen atoms in total. The lowest BCUT2D eigenvalue weighted by Gasteiger charge is -2.21. The Kier molecular flexibility index (Phi) is 11.5. The number of amides is 1. The van der Waals surface area contributed by atoms with Gasteiger partial charge in [-0.25, -0.2) is 19.4 Å². The zero-order chi connectivity index (χ0) is 31.0. The second-order valence-corrected chi connectivity index (χ2v) is 12.0. The van der Waals surface area contributed by atoms with Crippen LogP contribution in [0.2, 0.25) is 4.34 Å². The van der Waals surface area contributed by atoms with Crippen molar-refractivity contribution in [2.45, 2.75) is 71.9 Å². The summed E-state index contributed by atoms with van der Waals surface area (Å²) >= 11 is 6.91. The number of rotatable bonds is 11. The molecule has 1 aromatic heterocycles. The molecule has 1 amide bonds. The van der Waals surface area contributed by atoms with Crippen LogP contribution in [0.3, 0.4) is 0 Å². The number of methoxy groups -OCH3 is 1. The number of halogens is 1. The first-order valence-corrected chi connectivity index (χ1v) is 13.3. The van der Waals surface area contributed by atoms with Crippen molar-refractivity contribution < 1.29 is 48.1 Å². The van der Waals surface area contributed by atoms with Crippen LogP contribution in [0.15, 0.2) is 29.4 Å². The molecule has 2 rings (SSSR count). The van der Waals surface area contributed by atoms with E-state index < -0.39 is 53.4 Å². The number of anilines is 1. The van der Waals surface area contributed by atoms with Gasteiger partial charge in [0.05, 0.1) is 13.5 Å². The lowest BCUT2D eigenvalue weighted by atomic mass is 10.2. The van der Waals surface area contributed by atoms with Crippen LogP contribution in [-0.2, 0) is 40.0 Å². The monoisotopic (exact) mass is 613 g/mol. The number of esters is 2. The Morgan fingerprint density at radius 1 is 1.05 bits per heavy atom. The summed E-state index contributed by atoms with van der Waals surface area (Å²) in [6.45, 7) is 9.72. The van der Waals surface area contributed by atoms with Gasteiger partial charge in [-0.05, 0) is 59.2 Å². The summed E-state index contributed by atoms with van der Waals surface area (Å²) in [5.74, 6) is -2.82. The van der Waals surface area contributed by atoms with E-state index in [1.54, 1.807) is 65.8 Å². The third-order valence-electron chi connectivity index (χ3n) is 4.47. The van der Waals surface area contributed by atoms with E-state index in [4.69, 9.17) is 35.4 Å². The predicted molar refractivity (Wildman–Crippen MR) is 149 cm³/mol. The Morgan fingerprint density at radius 2 is 1.66 bits per heavy atom. The first-order valence-electron chi connectivity index (χ1n) is 12.1. The highest BCUT2D eigenvalue weighted by molar-refractivity contribution is 7.20. The molecular weight excluding hydrogens is 582 g/mol. The summed E-state index contributed by atoms with van der Waals surface area (Å²) in [4.78, 5) is 58.6. The molecule has 224 valence electrons. The first-order chi connectivity index (χ1) is 19.0. The highest BCUT2D eigenvalue weighted by atomic mass is 35.5. The molecule has 0 bridgehead atoms. The van der Waals surface area contributed by atoms with Crippen LogP contribution in [0.5, 0.6) is 5.75 Å². The second kappa shape index (κ2) is 14.1. The molecular formula is C26H32ClN3O10S. The zero-order valence-electron chi connectivity index (χ0n) is 23.6. The van der Waals surface area contributed by atoms with Gasteiger partial charge >= 0.3 is 24.0 Å². The number of thiazole rings is 1. The third-order valence-corrected chi connectivity index (χ3v) is 5.64. The number of hydrogen-bond donors (Lipinski definition) is 2. The first kappa shape index (κ1) is 33.3. The van der Waals surface area contributed by atoms with Gasteiger partial charge in [0.15, 0.2) is 5.13 Å². The summed E-state index contributed by atoms with van der Waals surface area (Å²) in [6, 6.07) is 6.68. The van der Waals surface area contributed by atoms with E-state index in [-0.39, 0.29) is 21.8 Å². The number of oxime groups is 1. The molecule has 0 aliphatic heterocycles. The standard InChI is InChI=1S/C26H32ClN3O10S/c1-25(2,3)38-17(31)12-16(22(34)37-13-14-8-10-15(36-7)11-9-14)40-30-19(21(32)33)18-20(27)41-23(28-18)29-24(35)39-26(4,5)6/h8-11,16H,12-13H2,1-7H3,(H,32,33)(H,28,29,35)/b30-19-. The van der Waals surface area contributed by atoms with Crippen LogP contribution in [0, 0.1) is 0 Å². The Bertz CT molecular complexity index is 1280. The number of carbonyl (C=O) groups excluding carboxylic acids is 3. The Balaban J connectivity index is 2.27. The summed E-state index contributed by atoms with van der Waals surface area (Å²) in [5.41, 5.74) is -2.18. The molecule has 1 heterocycles. The molecule has 0 saturated heterocycles. The average Bonchev–Trinajstić information content (AvgIpc) is 3.18. The minimum absolute atomic E-state index is 0.0718. The van der Waals surface area contributed by atoms with E-state index in [0.29, 0.717) is 11.3 Å². The summed E-state index contributed by atoms with van der Waals surface area (Å²) in [5, 5.41) is 15.6. The molecule has 1 aromatic carbocycles. The fraction of sp³-hybridized carbons (Fsp3) is 0.462. The SMILES string of the molecule is COc1ccc(COC(=O)C(CC(=O)OC(C)(C)C)O/N=C(\C(=O)O)c2nc(NC(=O)OC(C)(C)C)sc2Cl)cc1. The van der Waals surface area contributed by atoms with Crippen LogP contribution >= 0.6 is 22.9 Å². The Morgan fingerprint density at radius 3 is 2.20 bits per heavy atom. The molecule has 0 spiro atoms. The van der Waals surface area contributed by atoms with Crippen molar-refractivity contribution in [2.75, 3.05) is 12.4 Å². The van der Waals surface area contributed by atoms with Gasteiger partial charge in [0.2, 0.25) is 11.8 Å². The molecule has 15 heteroatoms. The maximum absolute atomic E-state index is 12.9. The van der Waals surface area contributed by atoms with E-state index >= 15 is 0 Å². The quantitative estimate of drug-likeness (QED) is 0.154. The minimum atomic E-state index is -1.67. The van der Waals surface area contributed by atoms with Crippen molar-refractivity contribution in [1.82, 2.24) is 4.98 Å². The Hall–Kier alpha value is -3.91. The van der Waals surface area contributed by atoms with Crippen molar-refractivity contribution in [3.05, 3.63) is 39.9 Å². The van der Waals surface area contributed by atoms with Gasteiger partial charge in [0.25, 0.3) is 0 Å². The molecule has 0 saturated carbocycles. The maximum Gasteiger partial charge on any atom is 0.413 e. The van der Waals surface area contributed by atoms with Crippen LogP contribution in [0.1, 0.15) is 59.2 Å². The van der Waals surface area contributed by atoms with Crippen molar-refractivity contribution in [3.63, 3.8) is 0 Å². The lowest BCUT2D eigenvalue weighted by molar-refractivity contribution is -0.169. The van der Waals surface area contributed by atoms with E-state index in [2.05, 4.69) is 15.5 Å². The van der Waals surface area contributed by atoms with Crippen LogP contribution in [0.25, 0.3) is 0 Å². The van der Waals surface area contributed by atoms with Crippen molar-refractivity contribution in [2.24, 2.45) is 5.16 Å². The fourth-order valence-corrected chi connectivity index (χ4v) is 3.89. The van der Waals surface area contributed by atoms with E-state index in [1.165, 1.54) is 7.11 Å². The number of hydrogen-bond acceptors (Lipinski definition) is 12. The summed E-state index contributed by atoms with van der Waals surface area (Å²) in [7, 11) is 1.51. The normalized spacial score (nSPS) is 12.6. The lowest BCUT2D eigenvalue weighted by Crippen LogP contribution is -2.32. The second-order valence-electron chi connectivity index (χ2n) is 10.4. The molecule has 2 N–H and O–H groups in total. The third kappa shape index (κ3) is 11.6. The van der Waals surface area contributed by atoms with Gasteiger partial charge in [-0.3, -0.25) is 10.1 Å². The summed E-state index contributed by atoms with van der Waals surface area (Å²) < 4.78 is 20.6. The molecule has 1 atom stereocenters. The molecule has 0 aliphatic rings. The minimum Gasteiger partial charge on any atom is -0.497 e. The number of ether oxygens (including phenoxy) is 4. The van der Waals surface area contributed by atoms with E-state index in [0.717, 1.165) is 11.3 Å². The number of nitrogens with one attached hydrogen (secondary N) is 1. The molecule has 0 radical (unpaired) electrons. The molecule has 0 aliphatic carbocycles. The van der Waals surface area contributed by atoms with E-state index in [9.17, 15) is 24.3 Å². The zero-order valence-corrected chi connectivity index (χ0v) is 25.2. The molecule has 1 unspecified atom stereocenters. The maximum atomic E-state index is 12.9. The van der Waals surface area contributed by atoms with Crippen molar-refractivity contribution >= 4 is 57.8 Å². The van der Waals surface area contributed by atoms with Gasteiger partial charge in [-0.15, -0.1) is 0 Å². The molecule has 2 aromatic rings.